The van der Waals surface area contributed by atoms with Crippen molar-refractivity contribution in [2.75, 3.05) is 10.6 Å². The van der Waals surface area contributed by atoms with Crippen LogP contribution in [0.3, 0.4) is 0 Å². The summed E-state index contributed by atoms with van der Waals surface area (Å²) in [4.78, 5) is 12.9. The smallest absolute Gasteiger partial charge is 0.366 e. The fraction of sp³-hybridized carbons (Fsp3) is 0.304. The van der Waals surface area contributed by atoms with Gasteiger partial charge in [-0.05, 0) is 56.0 Å². The zero-order valence-corrected chi connectivity index (χ0v) is 18.1. The second-order valence-electron chi connectivity index (χ2n) is 8.39. The number of aromatic nitrogens is 5. The lowest BCUT2D eigenvalue weighted by molar-refractivity contribution is -0.137. The molecule has 5 rings (SSSR count). The van der Waals surface area contributed by atoms with Gasteiger partial charge in [0.15, 0.2) is 5.65 Å². The minimum absolute atomic E-state index is 0.183. The number of benzene rings is 1. The van der Waals surface area contributed by atoms with Crippen LogP contribution >= 0.6 is 0 Å². The first kappa shape index (κ1) is 22.1. The Hall–Kier alpha value is -3.73. The Morgan fingerprint density at radius 2 is 1.71 bits per heavy atom. The Bertz CT molecular complexity index is 1280. The van der Waals surface area contributed by atoms with Crippen LogP contribution in [0, 0.1) is 0 Å². The third-order valence-corrected chi connectivity index (χ3v) is 5.88. The molecule has 1 aliphatic carbocycles. The number of imidazole rings is 1. The molecule has 0 unspecified atom stereocenters. The second kappa shape index (κ2) is 8.90. The van der Waals surface area contributed by atoms with Gasteiger partial charge in [-0.1, -0.05) is 6.07 Å². The lowest BCUT2D eigenvalue weighted by Crippen LogP contribution is -2.33. The van der Waals surface area contributed by atoms with E-state index < -0.39 is 11.7 Å². The average molecular weight is 468 g/mol. The van der Waals surface area contributed by atoms with Crippen molar-refractivity contribution in [3.05, 3.63) is 60.6 Å². The topological polar surface area (TPSA) is 106 Å². The molecule has 1 aromatic carbocycles. The van der Waals surface area contributed by atoms with Crippen molar-refractivity contribution >= 4 is 23.1 Å². The van der Waals surface area contributed by atoms with Gasteiger partial charge in [0.05, 0.1) is 17.5 Å². The third kappa shape index (κ3) is 4.79. The van der Waals surface area contributed by atoms with Crippen molar-refractivity contribution in [3.63, 3.8) is 0 Å². The molecule has 4 N–H and O–H groups in total. The van der Waals surface area contributed by atoms with Gasteiger partial charge in [-0.2, -0.15) is 13.2 Å². The molecule has 1 saturated carbocycles. The SMILES string of the molecule is N[C@H]1CC[C@H](Nc2ccc3ncc(-c4cnc(Nc5cccc(C(F)(F)F)c5)nc4)n3n2)CC1. The van der Waals surface area contributed by atoms with Gasteiger partial charge >= 0.3 is 6.18 Å². The van der Waals surface area contributed by atoms with E-state index in [-0.39, 0.29) is 17.7 Å². The first-order chi connectivity index (χ1) is 16.3. The van der Waals surface area contributed by atoms with Crippen LogP contribution in [-0.2, 0) is 6.18 Å². The summed E-state index contributed by atoms with van der Waals surface area (Å²) in [6.07, 6.45) is 4.42. The van der Waals surface area contributed by atoms with E-state index in [9.17, 15) is 13.2 Å². The number of nitrogens with one attached hydrogen (secondary N) is 2. The van der Waals surface area contributed by atoms with E-state index in [0.717, 1.165) is 43.6 Å². The molecule has 0 spiro atoms. The minimum atomic E-state index is -4.42. The summed E-state index contributed by atoms with van der Waals surface area (Å²) < 4.78 is 40.5. The number of rotatable bonds is 5. The normalized spacial score (nSPS) is 18.7. The Morgan fingerprint density at radius 1 is 0.941 bits per heavy atom. The lowest BCUT2D eigenvalue weighted by Gasteiger charge is -2.27. The number of hydrogen-bond acceptors (Lipinski definition) is 7. The lowest BCUT2D eigenvalue weighted by atomic mass is 9.92. The first-order valence-corrected chi connectivity index (χ1v) is 11.0. The largest absolute Gasteiger partial charge is 0.416 e. The molecule has 3 aromatic heterocycles. The Labute approximate surface area is 193 Å². The molecule has 0 aliphatic heterocycles. The molecule has 0 saturated heterocycles. The summed E-state index contributed by atoms with van der Waals surface area (Å²) in [6, 6.07) is 9.28. The highest BCUT2D eigenvalue weighted by molar-refractivity contribution is 5.63. The van der Waals surface area contributed by atoms with Crippen molar-refractivity contribution in [2.24, 2.45) is 5.73 Å². The summed E-state index contributed by atoms with van der Waals surface area (Å²) in [5.41, 5.74) is 7.56. The maximum atomic E-state index is 12.9. The summed E-state index contributed by atoms with van der Waals surface area (Å²) in [6.45, 7) is 0. The molecule has 3 heterocycles. The molecule has 1 fully saturated rings. The van der Waals surface area contributed by atoms with Crippen LogP contribution in [0.1, 0.15) is 31.2 Å². The first-order valence-electron chi connectivity index (χ1n) is 11.0. The van der Waals surface area contributed by atoms with Gasteiger partial charge in [0.25, 0.3) is 0 Å². The molecular weight excluding hydrogens is 445 g/mol. The van der Waals surface area contributed by atoms with E-state index in [1.54, 1.807) is 23.1 Å². The van der Waals surface area contributed by atoms with Gasteiger partial charge < -0.3 is 16.4 Å². The summed E-state index contributed by atoms with van der Waals surface area (Å²) >= 11 is 0. The highest BCUT2D eigenvalue weighted by Gasteiger charge is 2.30. The van der Waals surface area contributed by atoms with E-state index in [0.29, 0.717) is 22.9 Å². The van der Waals surface area contributed by atoms with Gasteiger partial charge in [0.1, 0.15) is 5.82 Å². The van der Waals surface area contributed by atoms with Gasteiger partial charge in [-0.3, -0.25) is 0 Å². The number of nitrogens with two attached hydrogens (primary N) is 1. The summed E-state index contributed by atoms with van der Waals surface area (Å²) in [5.74, 6) is 0.929. The summed E-state index contributed by atoms with van der Waals surface area (Å²) in [7, 11) is 0. The van der Waals surface area contributed by atoms with E-state index in [2.05, 4.69) is 30.7 Å². The number of fused-ring (bicyclic) bond motifs is 1. The molecule has 0 amide bonds. The van der Waals surface area contributed by atoms with Crippen molar-refractivity contribution < 1.29 is 13.2 Å². The zero-order chi connectivity index (χ0) is 23.7. The molecular formula is C23H23F3N8. The number of hydrogen-bond donors (Lipinski definition) is 3. The molecule has 176 valence electrons. The van der Waals surface area contributed by atoms with Crippen LogP contribution in [-0.4, -0.2) is 36.6 Å². The molecule has 34 heavy (non-hydrogen) atoms. The van der Waals surface area contributed by atoms with Crippen LogP contribution in [0.15, 0.2) is 55.0 Å². The van der Waals surface area contributed by atoms with Crippen molar-refractivity contribution in [3.8, 4) is 11.3 Å². The quantitative estimate of drug-likeness (QED) is 0.392. The maximum Gasteiger partial charge on any atom is 0.416 e. The van der Waals surface area contributed by atoms with Gasteiger partial charge in [-0.25, -0.2) is 19.5 Å². The predicted molar refractivity (Wildman–Crippen MR) is 123 cm³/mol. The number of alkyl halides is 3. The Balaban J connectivity index is 1.34. The number of halogens is 3. The van der Waals surface area contributed by atoms with Crippen molar-refractivity contribution in [1.29, 1.82) is 0 Å². The number of nitrogens with zero attached hydrogens (tertiary/aromatic N) is 5. The molecule has 11 heteroatoms. The van der Waals surface area contributed by atoms with Crippen LogP contribution < -0.4 is 16.4 Å². The van der Waals surface area contributed by atoms with Crippen LogP contribution in [0.5, 0.6) is 0 Å². The van der Waals surface area contributed by atoms with E-state index in [4.69, 9.17) is 5.73 Å². The van der Waals surface area contributed by atoms with Crippen LogP contribution in [0.2, 0.25) is 0 Å². The fourth-order valence-electron chi connectivity index (χ4n) is 4.05. The average Bonchev–Trinajstić information content (AvgIpc) is 3.24. The highest BCUT2D eigenvalue weighted by atomic mass is 19.4. The maximum absolute atomic E-state index is 12.9. The van der Waals surface area contributed by atoms with E-state index in [1.165, 1.54) is 12.1 Å². The van der Waals surface area contributed by atoms with Crippen LogP contribution in [0.25, 0.3) is 16.9 Å². The molecule has 4 aromatic rings. The molecule has 0 bridgehead atoms. The van der Waals surface area contributed by atoms with Gasteiger partial charge in [-0.15, -0.1) is 5.10 Å². The van der Waals surface area contributed by atoms with Crippen molar-refractivity contribution in [2.45, 2.75) is 43.9 Å². The zero-order valence-electron chi connectivity index (χ0n) is 18.1. The summed E-state index contributed by atoms with van der Waals surface area (Å²) in [5, 5.41) is 11.0. The molecule has 0 atom stereocenters. The monoisotopic (exact) mass is 468 g/mol. The molecule has 0 radical (unpaired) electrons. The Morgan fingerprint density at radius 3 is 2.44 bits per heavy atom. The minimum Gasteiger partial charge on any atom is -0.366 e. The molecule has 8 nitrogen and oxygen atoms in total. The second-order valence-corrected chi connectivity index (χ2v) is 8.39. The van der Waals surface area contributed by atoms with Gasteiger partial charge in [0.2, 0.25) is 5.95 Å². The van der Waals surface area contributed by atoms with Crippen molar-refractivity contribution in [1.82, 2.24) is 24.6 Å². The molecule has 1 aliphatic rings. The Kier molecular flexibility index (Phi) is 5.78. The van der Waals surface area contributed by atoms with E-state index >= 15 is 0 Å². The van der Waals surface area contributed by atoms with Crippen LogP contribution in [0.4, 0.5) is 30.6 Å². The van der Waals surface area contributed by atoms with E-state index in [1.807, 2.05) is 12.1 Å². The standard InChI is InChI=1S/C23H23F3N8/c24-23(25,26)15-2-1-3-18(10-15)32-22-29-11-14(12-30-22)19-13-28-21-9-8-20(33-34(19)21)31-17-6-4-16(27)5-7-17/h1-3,8-13,16-17H,4-7,27H2,(H,31,33)(H,29,30,32)/t16-,17-. The number of anilines is 3. The fourth-order valence-corrected chi connectivity index (χ4v) is 4.05. The predicted octanol–water partition coefficient (Wildman–Crippen LogP) is 4.63. The highest BCUT2D eigenvalue weighted by Crippen LogP contribution is 2.31. The van der Waals surface area contributed by atoms with Gasteiger partial charge in [0, 0.05) is 35.7 Å². The third-order valence-electron chi connectivity index (χ3n) is 5.88.